The summed E-state index contributed by atoms with van der Waals surface area (Å²) in [7, 11) is 0. The topological polar surface area (TPSA) is 42.0 Å². The largest absolute Gasteiger partial charge is 0.347 e. The van der Waals surface area contributed by atoms with Crippen molar-refractivity contribution in [2.45, 2.75) is 85.6 Å². The molecule has 0 bridgehead atoms. The first-order chi connectivity index (χ1) is 14.4. The summed E-state index contributed by atoms with van der Waals surface area (Å²) in [5.74, 6) is 2.49. The smallest absolute Gasteiger partial charge is 0.280 e. The fourth-order valence-corrected chi connectivity index (χ4v) is 7.69. The van der Waals surface area contributed by atoms with E-state index < -0.39 is 0 Å². The number of aromatic nitrogens is 1. The van der Waals surface area contributed by atoms with Gasteiger partial charge in [-0.05, 0) is 80.5 Å². The monoisotopic (exact) mass is 426 g/mol. The molecule has 0 aromatic carbocycles. The molecular formula is C26H38N2OS. The fraction of sp³-hybridized carbons (Fsp3) is 0.692. The lowest BCUT2D eigenvalue weighted by Crippen LogP contribution is -2.51. The molecule has 0 radical (unpaired) electrons. The van der Waals surface area contributed by atoms with Crippen LogP contribution in [-0.2, 0) is 0 Å². The van der Waals surface area contributed by atoms with Gasteiger partial charge in [-0.15, -0.1) is 11.3 Å². The normalized spacial score (nSPS) is 39.4. The number of nitrogens with zero attached hydrogens (tertiary/aromatic N) is 1. The Balaban J connectivity index is 0.00000106. The Hall–Kier alpha value is -1.42. The van der Waals surface area contributed by atoms with Crippen molar-refractivity contribution in [1.82, 2.24) is 10.3 Å². The summed E-state index contributed by atoms with van der Waals surface area (Å²) < 4.78 is 0. The molecule has 1 amide bonds. The summed E-state index contributed by atoms with van der Waals surface area (Å²) in [4.78, 5) is 16.6. The van der Waals surface area contributed by atoms with E-state index in [1.54, 1.807) is 17.3 Å². The Morgan fingerprint density at radius 1 is 1.10 bits per heavy atom. The zero-order valence-corrected chi connectivity index (χ0v) is 20.1. The highest BCUT2D eigenvalue weighted by atomic mass is 32.1. The number of carbonyl (C=O) groups is 1. The van der Waals surface area contributed by atoms with E-state index in [2.05, 4.69) is 43.2 Å². The Morgan fingerprint density at radius 2 is 1.87 bits per heavy atom. The third-order valence-corrected chi connectivity index (χ3v) is 9.81. The van der Waals surface area contributed by atoms with E-state index in [-0.39, 0.29) is 11.9 Å². The molecule has 5 rings (SSSR count). The van der Waals surface area contributed by atoms with Gasteiger partial charge in [0.25, 0.3) is 5.91 Å². The maximum atomic E-state index is 12.4. The lowest BCUT2D eigenvalue weighted by Gasteiger charge is -2.58. The van der Waals surface area contributed by atoms with Crippen molar-refractivity contribution >= 4 is 17.2 Å². The van der Waals surface area contributed by atoms with Gasteiger partial charge in [-0.3, -0.25) is 4.79 Å². The molecular weight excluding hydrogens is 388 g/mol. The molecule has 6 atom stereocenters. The molecule has 1 heterocycles. The second kappa shape index (κ2) is 8.26. The van der Waals surface area contributed by atoms with Gasteiger partial charge in [0.05, 0.1) is 0 Å². The minimum atomic E-state index is -0.00109. The highest BCUT2D eigenvalue weighted by Gasteiger charge is 2.56. The van der Waals surface area contributed by atoms with E-state index in [1.807, 2.05) is 19.2 Å². The van der Waals surface area contributed by atoms with Gasteiger partial charge >= 0.3 is 0 Å². The summed E-state index contributed by atoms with van der Waals surface area (Å²) in [5, 5.41) is 5.71. The first-order valence-electron chi connectivity index (χ1n) is 12.0. The summed E-state index contributed by atoms with van der Waals surface area (Å²) in [6.45, 7) is 11.4. The number of carbonyl (C=O) groups excluding carboxylic acids is 1. The van der Waals surface area contributed by atoms with Gasteiger partial charge < -0.3 is 5.32 Å². The highest BCUT2D eigenvalue weighted by Crippen LogP contribution is 2.64. The second-order valence-electron chi connectivity index (χ2n) is 10.1. The first kappa shape index (κ1) is 21.8. The number of fused-ring (bicyclic) bond motifs is 5. The Morgan fingerprint density at radius 3 is 2.60 bits per heavy atom. The van der Waals surface area contributed by atoms with Crippen molar-refractivity contribution in [3.05, 3.63) is 39.9 Å². The van der Waals surface area contributed by atoms with Gasteiger partial charge in [0.2, 0.25) is 0 Å². The van der Waals surface area contributed by atoms with Crippen molar-refractivity contribution in [3.8, 4) is 0 Å². The average molecular weight is 427 g/mol. The van der Waals surface area contributed by atoms with Crippen molar-refractivity contribution in [2.75, 3.05) is 0 Å². The SMILES string of the molecule is CC.CC1=CCC2C3CC=C4C[C@H](NC(=O)c5nccs5)CCC4(C)C3CCC12C. The van der Waals surface area contributed by atoms with Crippen LogP contribution < -0.4 is 5.32 Å². The van der Waals surface area contributed by atoms with Crippen LogP contribution in [0.5, 0.6) is 0 Å². The van der Waals surface area contributed by atoms with Crippen molar-refractivity contribution in [1.29, 1.82) is 0 Å². The van der Waals surface area contributed by atoms with Crippen molar-refractivity contribution < 1.29 is 4.79 Å². The molecule has 4 aliphatic rings. The van der Waals surface area contributed by atoms with E-state index in [1.165, 1.54) is 43.4 Å². The van der Waals surface area contributed by atoms with E-state index in [9.17, 15) is 4.79 Å². The predicted molar refractivity (Wildman–Crippen MR) is 126 cm³/mol. The van der Waals surface area contributed by atoms with Crippen LogP contribution in [0.3, 0.4) is 0 Å². The average Bonchev–Trinajstić information content (AvgIpc) is 3.39. The van der Waals surface area contributed by atoms with Gasteiger partial charge in [0, 0.05) is 17.6 Å². The summed E-state index contributed by atoms with van der Waals surface area (Å²) in [6, 6.07) is 0.261. The summed E-state index contributed by atoms with van der Waals surface area (Å²) in [6.07, 6.45) is 15.4. The van der Waals surface area contributed by atoms with Crippen LogP contribution in [0.25, 0.3) is 0 Å². The molecule has 2 saturated carbocycles. The molecule has 1 N–H and O–H groups in total. The number of amides is 1. The Kier molecular flexibility index (Phi) is 6.00. The third kappa shape index (κ3) is 3.39. The van der Waals surface area contributed by atoms with Crippen LogP contribution >= 0.6 is 11.3 Å². The quantitative estimate of drug-likeness (QED) is 0.529. The molecule has 164 valence electrons. The lowest BCUT2D eigenvalue weighted by molar-refractivity contribution is -0.0189. The number of allylic oxidation sites excluding steroid dienone is 3. The Bertz CT molecular complexity index is 841. The molecule has 0 spiro atoms. The maximum Gasteiger partial charge on any atom is 0.280 e. The van der Waals surface area contributed by atoms with E-state index in [0.717, 1.165) is 30.6 Å². The molecule has 3 nitrogen and oxygen atoms in total. The standard InChI is InChI=1S/C24H32N2OS.C2H6/c1-15-4-7-19-18-6-5-16-14-17(26-21(27)22-25-12-13-28-22)8-10-24(16,3)20(18)9-11-23(15,19)2;1-2/h4-5,12-13,17-20H,6-11,14H2,1-3H3,(H,26,27);1-2H3/t17-,18?,19?,20?,23?,24?;/m1./s1. The van der Waals surface area contributed by atoms with Crippen LogP contribution in [0.15, 0.2) is 34.9 Å². The molecule has 4 heteroatoms. The van der Waals surface area contributed by atoms with Gasteiger partial charge in [-0.2, -0.15) is 0 Å². The number of nitrogens with one attached hydrogen (secondary N) is 1. The lowest BCUT2D eigenvalue weighted by atomic mass is 9.47. The van der Waals surface area contributed by atoms with Crippen LogP contribution in [-0.4, -0.2) is 16.9 Å². The molecule has 1 aromatic rings. The molecule has 0 aliphatic heterocycles. The second-order valence-corrected chi connectivity index (χ2v) is 11.0. The zero-order chi connectivity index (χ0) is 21.5. The van der Waals surface area contributed by atoms with Crippen molar-refractivity contribution in [2.24, 2.45) is 28.6 Å². The fourth-order valence-electron chi connectivity index (χ4n) is 7.15. The highest BCUT2D eigenvalue weighted by molar-refractivity contribution is 7.11. The van der Waals surface area contributed by atoms with Gasteiger partial charge in [-0.1, -0.05) is 51.0 Å². The third-order valence-electron chi connectivity index (χ3n) is 9.03. The number of hydrogen-bond acceptors (Lipinski definition) is 3. The number of hydrogen-bond donors (Lipinski definition) is 1. The van der Waals surface area contributed by atoms with E-state index in [4.69, 9.17) is 0 Å². The molecule has 30 heavy (non-hydrogen) atoms. The van der Waals surface area contributed by atoms with E-state index in [0.29, 0.717) is 15.8 Å². The molecule has 4 aliphatic carbocycles. The number of thiazole rings is 1. The predicted octanol–water partition coefficient (Wildman–Crippen LogP) is 6.79. The van der Waals surface area contributed by atoms with Gasteiger partial charge in [0.15, 0.2) is 5.01 Å². The summed E-state index contributed by atoms with van der Waals surface area (Å²) in [5.41, 5.74) is 4.05. The Labute approximate surface area is 186 Å². The van der Waals surface area contributed by atoms with Gasteiger partial charge in [0.1, 0.15) is 0 Å². The minimum Gasteiger partial charge on any atom is -0.347 e. The molecule has 1 aromatic heterocycles. The van der Waals surface area contributed by atoms with E-state index >= 15 is 0 Å². The first-order valence-corrected chi connectivity index (χ1v) is 12.9. The zero-order valence-electron chi connectivity index (χ0n) is 19.3. The van der Waals surface area contributed by atoms with Crippen LogP contribution in [0.1, 0.15) is 89.4 Å². The van der Waals surface area contributed by atoms with Gasteiger partial charge in [-0.25, -0.2) is 4.98 Å². The maximum absolute atomic E-state index is 12.4. The van der Waals surface area contributed by atoms with Crippen LogP contribution in [0, 0.1) is 28.6 Å². The molecule has 0 saturated heterocycles. The van der Waals surface area contributed by atoms with Crippen molar-refractivity contribution in [3.63, 3.8) is 0 Å². The molecule has 2 fully saturated rings. The van der Waals surface area contributed by atoms with Crippen LogP contribution in [0.4, 0.5) is 0 Å². The minimum absolute atomic E-state index is 0.00109. The molecule has 5 unspecified atom stereocenters. The van der Waals surface area contributed by atoms with Crippen LogP contribution in [0.2, 0.25) is 0 Å². The summed E-state index contributed by atoms with van der Waals surface area (Å²) >= 11 is 1.42. The number of rotatable bonds is 2.